The number of nitrogens with zero attached hydrogens (tertiary/aromatic N) is 2. The predicted molar refractivity (Wildman–Crippen MR) is 142 cm³/mol. The molecular formula is C26H30Cl2N4O6. The van der Waals surface area contributed by atoms with Crippen LogP contribution in [0, 0.1) is 0 Å². The van der Waals surface area contributed by atoms with E-state index in [9.17, 15) is 14.4 Å². The SMILES string of the molecule is CC(=O)N1CCN(c2ccc(OC[C@H]3CO[C@](CNC(=O)CNC=O)(c4ccc(Cl)cc4Cl)O3)cc2)CC1. The van der Waals surface area contributed by atoms with Crippen molar-refractivity contribution in [3.05, 3.63) is 58.1 Å². The van der Waals surface area contributed by atoms with Gasteiger partial charge in [0.15, 0.2) is 0 Å². The smallest absolute Gasteiger partial charge is 0.239 e. The Morgan fingerprint density at radius 1 is 1.13 bits per heavy atom. The third-order valence-corrected chi connectivity index (χ3v) is 6.98. The van der Waals surface area contributed by atoms with Gasteiger partial charge in [0.25, 0.3) is 0 Å². The quantitative estimate of drug-likeness (QED) is 0.425. The highest BCUT2D eigenvalue weighted by atomic mass is 35.5. The zero-order valence-corrected chi connectivity index (χ0v) is 22.5. The highest BCUT2D eigenvalue weighted by molar-refractivity contribution is 6.35. The number of hydrogen-bond acceptors (Lipinski definition) is 7. The Labute approximate surface area is 231 Å². The first-order valence-electron chi connectivity index (χ1n) is 12.2. The number of carbonyl (C=O) groups is 3. The summed E-state index contributed by atoms with van der Waals surface area (Å²) in [6, 6.07) is 12.7. The maximum atomic E-state index is 12.1. The zero-order chi connectivity index (χ0) is 27.1. The molecule has 0 aromatic heterocycles. The van der Waals surface area contributed by atoms with Gasteiger partial charge in [-0.3, -0.25) is 14.4 Å². The minimum Gasteiger partial charge on any atom is -0.491 e. The third-order valence-electron chi connectivity index (χ3n) is 6.43. The fraction of sp³-hybridized carbons (Fsp3) is 0.423. The van der Waals surface area contributed by atoms with Gasteiger partial charge >= 0.3 is 0 Å². The first-order valence-corrected chi connectivity index (χ1v) is 13.0. The topological polar surface area (TPSA) is 109 Å². The molecule has 0 bridgehead atoms. The molecule has 2 aromatic carbocycles. The van der Waals surface area contributed by atoms with Crippen molar-refractivity contribution >= 4 is 47.1 Å². The number of rotatable bonds is 10. The minimum atomic E-state index is -1.35. The van der Waals surface area contributed by atoms with E-state index in [0.717, 1.165) is 18.8 Å². The summed E-state index contributed by atoms with van der Waals surface area (Å²) in [7, 11) is 0. The molecular weight excluding hydrogens is 535 g/mol. The van der Waals surface area contributed by atoms with Crippen molar-refractivity contribution in [2.75, 3.05) is 57.4 Å². The molecule has 38 heavy (non-hydrogen) atoms. The molecule has 0 spiro atoms. The lowest BCUT2D eigenvalue weighted by molar-refractivity contribution is -0.177. The van der Waals surface area contributed by atoms with Crippen LogP contribution in [0.15, 0.2) is 42.5 Å². The van der Waals surface area contributed by atoms with Crippen LogP contribution in [-0.4, -0.2) is 81.7 Å². The first kappa shape index (κ1) is 28.0. The average molecular weight is 565 g/mol. The number of nitrogens with one attached hydrogen (secondary N) is 2. The number of piperazine rings is 1. The number of halogens is 2. The van der Waals surface area contributed by atoms with E-state index in [-0.39, 0.29) is 32.2 Å². The van der Waals surface area contributed by atoms with Gasteiger partial charge in [0.1, 0.15) is 18.5 Å². The summed E-state index contributed by atoms with van der Waals surface area (Å²) in [5.74, 6) is -0.976. The molecule has 12 heteroatoms. The van der Waals surface area contributed by atoms with Crippen LogP contribution < -0.4 is 20.3 Å². The van der Waals surface area contributed by atoms with Gasteiger partial charge in [-0.25, -0.2) is 0 Å². The average Bonchev–Trinajstić information content (AvgIpc) is 3.34. The van der Waals surface area contributed by atoms with Gasteiger partial charge in [0.2, 0.25) is 24.0 Å². The van der Waals surface area contributed by atoms with Crippen LogP contribution in [0.4, 0.5) is 5.69 Å². The van der Waals surface area contributed by atoms with Gasteiger partial charge < -0.3 is 34.6 Å². The molecule has 2 saturated heterocycles. The van der Waals surface area contributed by atoms with Gasteiger partial charge in [-0.1, -0.05) is 29.3 Å². The summed E-state index contributed by atoms with van der Waals surface area (Å²) in [5.41, 5.74) is 1.58. The number of amides is 3. The molecule has 0 aliphatic carbocycles. The van der Waals surface area contributed by atoms with Crippen LogP contribution in [0.3, 0.4) is 0 Å². The van der Waals surface area contributed by atoms with E-state index in [1.165, 1.54) is 0 Å². The zero-order valence-electron chi connectivity index (χ0n) is 21.0. The molecule has 204 valence electrons. The highest BCUT2D eigenvalue weighted by Gasteiger charge is 2.45. The van der Waals surface area contributed by atoms with Gasteiger partial charge in [-0.05, 0) is 36.4 Å². The maximum absolute atomic E-state index is 12.1. The Morgan fingerprint density at radius 2 is 1.87 bits per heavy atom. The summed E-state index contributed by atoms with van der Waals surface area (Å²) in [6.45, 7) is 4.79. The highest BCUT2D eigenvalue weighted by Crippen LogP contribution is 2.39. The van der Waals surface area contributed by atoms with Gasteiger partial charge in [0.05, 0.1) is 24.7 Å². The molecule has 10 nitrogen and oxygen atoms in total. The fourth-order valence-corrected chi connectivity index (χ4v) is 4.96. The van der Waals surface area contributed by atoms with Gasteiger partial charge in [-0.2, -0.15) is 0 Å². The van der Waals surface area contributed by atoms with E-state index >= 15 is 0 Å². The number of benzene rings is 2. The van der Waals surface area contributed by atoms with Crippen molar-refractivity contribution in [1.29, 1.82) is 0 Å². The Bertz CT molecular complexity index is 1140. The monoisotopic (exact) mass is 564 g/mol. The summed E-state index contributed by atoms with van der Waals surface area (Å²) < 4.78 is 18.3. The van der Waals surface area contributed by atoms with Crippen LogP contribution in [0.5, 0.6) is 5.75 Å². The van der Waals surface area contributed by atoms with Crippen molar-refractivity contribution < 1.29 is 28.6 Å². The van der Waals surface area contributed by atoms with Crippen LogP contribution in [0.25, 0.3) is 0 Å². The standard InChI is InChI=1S/C26H30Cl2N4O6/c1-18(34)31-8-10-32(11-9-31)20-3-5-21(6-4-20)36-14-22-15-37-26(38-22,16-30-25(35)13-29-17-33)23-7-2-19(27)12-24(23)28/h2-7,12,17,22H,8-11,13-16H2,1H3,(H,29,33)(H,30,35)/t22-,26-/m0/s1. The second-order valence-corrected chi connectivity index (χ2v) is 9.85. The largest absolute Gasteiger partial charge is 0.491 e. The van der Waals surface area contributed by atoms with Crippen molar-refractivity contribution in [2.24, 2.45) is 0 Å². The van der Waals surface area contributed by atoms with Crippen molar-refractivity contribution in [3.63, 3.8) is 0 Å². The van der Waals surface area contributed by atoms with E-state index in [0.29, 0.717) is 40.9 Å². The third kappa shape index (κ3) is 6.87. The number of ether oxygens (including phenoxy) is 3. The van der Waals surface area contributed by atoms with Gasteiger partial charge in [-0.15, -0.1) is 0 Å². The van der Waals surface area contributed by atoms with Crippen LogP contribution in [0.1, 0.15) is 12.5 Å². The van der Waals surface area contributed by atoms with Gasteiger partial charge in [0, 0.05) is 49.4 Å². The molecule has 2 aliphatic rings. The lowest BCUT2D eigenvalue weighted by atomic mass is 10.1. The van der Waals surface area contributed by atoms with Crippen LogP contribution >= 0.6 is 23.2 Å². The second-order valence-electron chi connectivity index (χ2n) is 9.00. The van der Waals surface area contributed by atoms with E-state index in [4.69, 9.17) is 37.4 Å². The molecule has 2 aromatic rings. The van der Waals surface area contributed by atoms with E-state index < -0.39 is 17.8 Å². The van der Waals surface area contributed by atoms with E-state index in [1.807, 2.05) is 29.2 Å². The molecule has 2 heterocycles. The Balaban J connectivity index is 1.36. The number of carbonyl (C=O) groups excluding carboxylic acids is 3. The second kappa shape index (κ2) is 12.7. The van der Waals surface area contributed by atoms with Crippen LogP contribution in [-0.2, 0) is 29.6 Å². The number of anilines is 1. The van der Waals surface area contributed by atoms with E-state index in [2.05, 4.69) is 15.5 Å². The number of hydrogen-bond donors (Lipinski definition) is 2. The van der Waals surface area contributed by atoms with Crippen molar-refractivity contribution in [1.82, 2.24) is 15.5 Å². The lowest BCUT2D eigenvalue weighted by Crippen LogP contribution is -2.48. The molecule has 0 saturated carbocycles. The molecule has 2 fully saturated rings. The lowest BCUT2D eigenvalue weighted by Gasteiger charge is -2.35. The Kier molecular flexibility index (Phi) is 9.32. The summed E-state index contributed by atoms with van der Waals surface area (Å²) >= 11 is 12.5. The summed E-state index contributed by atoms with van der Waals surface area (Å²) in [6.07, 6.45) is 0.00805. The molecule has 0 radical (unpaired) electrons. The predicted octanol–water partition coefficient (Wildman–Crippen LogP) is 2.17. The Hall–Kier alpha value is -3.05. The van der Waals surface area contributed by atoms with Crippen molar-refractivity contribution in [2.45, 2.75) is 18.8 Å². The minimum absolute atomic E-state index is 0.0319. The first-order chi connectivity index (χ1) is 18.3. The molecule has 2 aliphatic heterocycles. The molecule has 2 N–H and O–H groups in total. The van der Waals surface area contributed by atoms with Crippen molar-refractivity contribution in [3.8, 4) is 5.75 Å². The molecule has 2 atom stereocenters. The molecule has 4 rings (SSSR count). The molecule has 3 amide bonds. The fourth-order valence-electron chi connectivity index (χ4n) is 4.41. The summed E-state index contributed by atoms with van der Waals surface area (Å²) in [5, 5.41) is 5.81. The molecule has 0 unspecified atom stereocenters. The Morgan fingerprint density at radius 3 is 2.53 bits per heavy atom. The summed E-state index contributed by atoms with van der Waals surface area (Å²) in [4.78, 5) is 38.2. The van der Waals surface area contributed by atoms with Crippen LogP contribution in [0.2, 0.25) is 10.0 Å². The van der Waals surface area contributed by atoms with E-state index in [1.54, 1.807) is 25.1 Å². The normalized spacial score (nSPS) is 21.2. The maximum Gasteiger partial charge on any atom is 0.239 e.